The first-order chi connectivity index (χ1) is 11.9. The average Bonchev–Trinajstić information content (AvgIpc) is 2.56. The van der Waals surface area contributed by atoms with E-state index in [0.717, 1.165) is 17.1 Å². The van der Waals surface area contributed by atoms with Crippen molar-refractivity contribution in [2.75, 3.05) is 16.4 Å². The number of nitrogens with one attached hydrogen (secondary N) is 2. The quantitative estimate of drug-likeness (QED) is 0.550. The summed E-state index contributed by atoms with van der Waals surface area (Å²) in [7, 11) is -3.69. The highest BCUT2D eigenvalue weighted by atomic mass is 32.2. The van der Waals surface area contributed by atoms with Crippen LogP contribution < -0.4 is 21.5 Å². The number of benzene rings is 2. The van der Waals surface area contributed by atoms with Gasteiger partial charge in [0.15, 0.2) is 0 Å². The summed E-state index contributed by atoms with van der Waals surface area (Å²) in [5, 5.41) is 11.4. The normalized spacial score (nSPS) is 11.1. The molecule has 25 heavy (non-hydrogen) atoms. The van der Waals surface area contributed by atoms with Gasteiger partial charge in [-0.2, -0.15) is 0 Å². The standard InChI is InChI=1S/C16H16N6O2S/c17-15-9-16(20-10-19-15)22-13-3-1-11(2-4-13)21-12-5-7-14(8-6-12)25(18,23)24/h1-10,21H,(H2,18,23,24)(H3,17,19,20,22). The van der Waals surface area contributed by atoms with Crippen molar-refractivity contribution < 1.29 is 8.42 Å². The van der Waals surface area contributed by atoms with Crippen LogP contribution in [0.3, 0.4) is 0 Å². The van der Waals surface area contributed by atoms with Gasteiger partial charge in [-0.05, 0) is 48.5 Å². The Morgan fingerprint density at radius 1 is 0.800 bits per heavy atom. The SMILES string of the molecule is Nc1cc(Nc2ccc(Nc3ccc(S(N)(=O)=O)cc3)cc2)ncn1. The highest BCUT2D eigenvalue weighted by Crippen LogP contribution is 2.22. The van der Waals surface area contributed by atoms with Gasteiger partial charge < -0.3 is 16.4 Å². The van der Waals surface area contributed by atoms with Crippen molar-refractivity contribution >= 4 is 38.7 Å². The fraction of sp³-hybridized carbons (Fsp3) is 0. The van der Waals surface area contributed by atoms with Gasteiger partial charge in [-0.15, -0.1) is 0 Å². The number of aromatic nitrogens is 2. The Bertz CT molecular complexity index is 972. The molecule has 1 heterocycles. The van der Waals surface area contributed by atoms with Gasteiger partial charge >= 0.3 is 0 Å². The van der Waals surface area contributed by atoms with Crippen LogP contribution in [0, 0.1) is 0 Å². The molecular weight excluding hydrogens is 340 g/mol. The molecule has 0 unspecified atom stereocenters. The number of hydrogen-bond acceptors (Lipinski definition) is 7. The van der Waals surface area contributed by atoms with Gasteiger partial charge in [-0.3, -0.25) is 0 Å². The summed E-state index contributed by atoms with van der Waals surface area (Å²) in [6, 6.07) is 15.3. The number of nitrogen functional groups attached to an aromatic ring is 1. The molecule has 0 spiro atoms. The molecule has 0 amide bonds. The zero-order valence-electron chi connectivity index (χ0n) is 13.0. The molecule has 0 aliphatic rings. The topological polar surface area (TPSA) is 136 Å². The van der Waals surface area contributed by atoms with Gasteiger partial charge in [0.05, 0.1) is 4.90 Å². The smallest absolute Gasteiger partial charge is 0.238 e. The van der Waals surface area contributed by atoms with Crippen LogP contribution >= 0.6 is 0 Å². The number of anilines is 5. The number of nitrogens with zero attached hydrogens (tertiary/aromatic N) is 2. The lowest BCUT2D eigenvalue weighted by atomic mass is 10.2. The largest absolute Gasteiger partial charge is 0.384 e. The minimum atomic E-state index is -3.69. The Balaban J connectivity index is 1.68. The van der Waals surface area contributed by atoms with Crippen LogP contribution in [-0.2, 0) is 10.0 Å². The Morgan fingerprint density at radius 2 is 1.32 bits per heavy atom. The third-order valence-electron chi connectivity index (χ3n) is 3.32. The molecule has 0 saturated heterocycles. The Hall–Kier alpha value is -3.17. The van der Waals surface area contributed by atoms with E-state index in [1.807, 2.05) is 24.3 Å². The van der Waals surface area contributed by atoms with Crippen LogP contribution in [0.2, 0.25) is 0 Å². The summed E-state index contributed by atoms with van der Waals surface area (Å²) in [5.41, 5.74) is 8.04. The minimum absolute atomic E-state index is 0.0710. The molecule has 0 saturated carbocycles. The minimum Gasteiger partial charge on any atom is -0.384 e. The fourth-order valence-corrected chi connectivity index (χ4v) is 2.64. The maximum absolute atomic E-state index is 11.2. The number of rotatable bonds is 5. The monoisotopic (exact) mass is 356 g/mol. The molecule has 0 atom stereocenters. The predicted molar refractivity (Wildman–Crippen MR) is 97.3 cm³/mol. The van der Waals surface area contributed by atoms with E-state index in [4.69, 9.17) is 10.9 Å². The number of hydrogen-bond donors (Lipinski definition) is 4. The van der Waals surface area contributed by atoms with E-state index >= 15 is 0 Å². The van der Waals surface area contributed by atoms with E-state index in [-0.39, 0.29) is 4.90 Å². The van der Waals surface area contributed by atoms with Crippen molar-refractivity contribution in [2.45, 2.75) is 4.90 Å². The van der Waals surface area contributed by atoms with Crippen molar-refractivity contribution in [3.63, 3.8) is 0 Å². The van der Waals surface area contributed by atoms with Crippen molar-refractivity contribution in [1.29, 1.82) is 0 Å². The van der Waals surface area contributed by atoms with Crippen LogP contribution in [0.5, 0.6) is 0 Å². The lowest BCUT2D eigenvalue weighted by Crippen LogP contribution is -2.11. The zero-order chi connectivity index (χ0) is 17.9. The summed E-state index contributed by atoms with van der Waals surface area (Å²) in [4.78, 5) is 7.98. The van der Waals surface area contributed by atoms with Crippen LogP contribution in [-0.4, -0.2) is 18.4 Å². The highest BCUT2D eigenvalue weighted by Gasteiger charge is 2.06. The highest BCUT2D eigenvalue weighted by molar-refractivity contribution is 7.89. The van der Waals surface area contributed by atoms with E-state index in [2.05, 4.69) is 20.6 Å². The molecule has 0 fully saturated rings. The molecule has 128 valence electrons. The Labute approximate surface area is 145 Å². The molecule has 3 aromatic rings. The molecule has 6 N–H and O–H groups in total. The first-order valence-electron chi connectivity index (χ1n) is 7.25. The number of primary sulfonamides is 1. The van der Waals surface area contributed by atoms with E-state index < -0.39 is 10.0 Å². The molecule has 0 aliphatic carbocycles. The van der Waals surface area contributed by atoms with Crippen molar-refractivity contribution in [2.24, 2.45) is 5.14 Å². The summed E-state index contributed by atoms with van der Waals surface area (Å²) >= 11 is 0. The Kier molecular flexibility index (Phi) is 4.50. The maximum atomic E-state index is 11.2. The van der Waals surface area contributed by atoms with Gasteiger partial charge in [0.2, 0.25) is 10.0 Å². The summed E-state index contributed by atoms with van der Waals surface area (Å²) < 4.78 is 22.5. The second kappa shape index (κ2) is 6.75. The molecule has 0 aliphatic heterocycles. The fourth-order valence-electron chi connectivity index (χ4n) is 2.12. The second-order valence-corrected chi connectivity index (χ2v) is 6.79. The lowest BCUT2D eigenvalue weighted by molar-refractivity contribution is 0.598. The van der Waals surface area contributed by atoms with Crippen molar-refractivity contribution in [1.82, 2.24) is 9.97 Å². The van der Waals surface area contributed by atoms with Crippen LogP contribution in [0.4, 0.5) is 28.7 Å². The van der Waals surface area contributed by atoms with Crippen LogP contribution in [0.15, 0.2) is 65.8 Å². The molecule has 0 radical (unpaired) electrons. The van der Waals surface area contributed by atoms with E-state index in [9.17, 15) is 8.42 Å². The van der Waals surface area contributed by atoms with Gasteiger partial charge in [-0.25, -0.2) is 23.5 Å². The molecule has 9 heteroatoms. The third-order valence-corrected chi connectivity index (χ3v) is 4.25. The van der Waals surface area contributed by atoms with E-state index in [1.54, 1.807) is 18.2 Å². The molecular formula is C16H16N6O2S. The molecule has 0 bridgehead atoms. The molecule has 3 rings (SSSR count). The van der Waals surface area contributed by atoms with Crippen molar-refractivity contribution in [3.05, 3.63) is 60.9 Å². The van der Waals surface area contributed by atoms with Gasteiger partial charge in [0.25, 0.3) is 0 Å². The van der Waals surface area contributed by atoms with E-state index in [1.165, 1.54) is 18.5 Å². The second-order valence-electron chi connectivity index (χ2n) is 5.22. The van der Waals surface area contributed by atoms with E-state index in [0.29, 0.717) is 11.6 Å². The average molecular weight is 356 g/mol. The molecule has 2 aromatic carbocycles. The van der Waals surface area contributed by atoms with Crippen LogP contribution in [0.25, 0.3) is 0 Å². The van der Waals surface area contributed by atoms with Gasteiger partial charge in [0, 0.05) is 23.1 Å². The molecule has 1 aromatic heterocycles. The molecule has 8 nitrogen and oxygen atoms in total. The number of nitrogens with two attached hydrogens (primary N) is 2. The third kappa shape index (κ3) is 4.43. The lowest BCUT2D eigenvalue weighted by Gasteiger charge is -2.09. The Morgan fingerprint density at radius 3 is 1.84 bits per heavy atom. The predicted octanol–water partition coefficient (Wildman–Crippen LogP) is 2.19. The van der Waals surface area contributed by atoms with Crippen molar-refractivity contribution in [3.8, 4) is 0 Å². The number of sulfonamides is 1. The summed E-state index contributed by atoms with van der Waals surface area (Å²) in [5.74, 6) is 0.991. The first-order valence-corrected chi connectivity index (χ1v) is 8.79. The summed E-state index contributed by atoms with van der Waals surface area (Å²) in [6.07, 6.45) is 1.39. The van der Waals surface area contributed by atoms with Crippen LogP contribution in [0.1, 0.15) is 0 Å². The van der Waals surface area contributed by atoms with Gasteiger partial charge in [-0.1, -0.05) is 0 Å². The zero-order valence-corrected chi connectivity index (χ0v) is 13.9. The first kappa shape index (κ1) is 16.7. The maximum Gasteiger partial charge on any atom is 0.238 e. The van der Waals surface area contributed by atoms with Gasteiger partial charge in [0.1, 0.15) is 18.0 Å². The summed E-state index contributed by atoms with van der Waals surface area (Å²) in [6.45, 7) is 0.